The summed E-state index contributed by atoms with van der Waals surface area (Å²) >= 11 is 0. The number of phenolic OH excluding ortho intramolecular Hbond substituents is 16. The highest BCUT2D eigenvalue weighted by Gasteiger charge is 2.42. The molecule has 4 atom stereocenters. The molecule has 436 valence electrons. The Balaban J connectivity index is 1.14. The maximum Gasteiger partial charge on any atom is 0.343 e. The number of rotatable bonds is 10. The Labute approximate surface area is 471 Å². The summed E-state index contributed by atoms with van der Waals surface area (Å²) in [5.41, 5.74) is -4.93. The number of aromatic hydroxyl groups is 17. The first-order chi connectivity index (χ1) is 40.1. The van der Waals surface area contributed by atoms with E-state index in [4.69, 9.17) is 28.4 Å². The second-order valence-electron chi connectivity index (χ2n) is 19.1. The summed E-state index contributed by atoms with van der Waals surface area (Å²) in [6.45, 7) is 0. The van der Waals surface area contributed by atoms with Gasteiger partial charge in [0.15, 0.2) is 98.5 Å². The van der Waals surface area contributed by atoms with E-state index < -0.39 is 220 Å². The molecule has 28 heteroatoms. The van der Waals surface area contributed by atoms with Gasteiger partial charge in [-0.1, -0.05) is 0 Å². The number of hydrogen-bond acceptors (Lipinski definition) is 28. The lowest BCUT2D eigenvalue weighted by Gasteiger charge is -2.35. The van der Waals surface area contributed by atoms with Crippen LogP contribution >= 0.6 is 0 Å². The molecule has 17 N–H and O–H groups in total. The zero-order valence-corrected chi connectivity index (χ0v) is 42.5. The molecule has 0 saturated carbocycles. The van der Waals surface area contributed by atoms with E-state index in [2.05, 4.69) is 0 Å². The summed E-state index contributed by atoms with van der Waals surface area (Å²) in [5, 5.41) is 176. The fourth-order valence-corrected chi connectivity index (χ4v) is 9.46. The van der Waals surface area contributed by atoms with Gasteiger partial charge in [0.1, 0.15) is 46.7 Å². The van der Waals surface area contributed by atoms with Crippen molar-refractivity contribution in [1.29, 1.82) is 0 Å². The van der Waals surface area contributed by atoms with Crippen molar-refractivity contribution in [3.05, 3.63) is 146 Å². The second-order valence-corrected chi connectivity index (χ2v) is 19.1. The number of ether oxygens (including phenoxy) is 6. The molecule has 0 bridgehead atoms. The Morgan fingerprint density at radius 2 is 0.718 bits per heavy atom. The Hall–Kier alpha value is -12.2. The topological polar surface area (TPSA) is 485 Å². The van der Waals surface area contributed by atoms with Crippen LogP contribution in [0.1, 0.15) is 75.9 Å². The Kier molecular flexibility index (Phi) is 13.9. The zero-order chi connectivity index (χ0) is 61.4. The number of carbonyl (C=O) groups is 4. The van der Waals surface area contributed by atoms with Crippen molar-refractivity contribution in [2.45, 2.75) is 37.3 Å². The number of fused-ring (bicyclic) bond motifs is 3. The molecule has 8 aromatic rings. The quantitative estimate of drug-likeness (QED) is 0.0460. The maximum absolute atomic E-state index is 14.4. The summed E-state index contributed by atoms with van der Waals surface area (Å²) in [7, 11) is 0. The monoisotopic (exact) mass is 1170 g/mol. The Morgan fingerprint density at radius 3 is 1.11 bits per heavy atom. The molecule has 2 aliphatic heterocycles. The van der Waals surface area contributed by atoms with Crippen LogP contribution in [0.2, 0.25) is 0 Å². The molecular formula is C57H40O28. The van der Waals surface area contributed by atoms with E-state index in [1.165, 1.54) is 0 Å². The van der Waals surface area contributed by atoms with Crippen LogP contribution in [0.3, 0.4) is 0 Å². The van der Waals surface area contributed by atoms with Crippen LogP contribution in [-0.4, -0.2) is 123 Å². The molecular weight excluding hydrogens is 1130 g/mol. The lowest BCUT2D eigenvalue weighted by molar-refractivity contribution is -0.0194. The van der Waals surface area contributed by atoms with Gasteiger partial charge >= 0.3 is 23.9 Å². The summed E-state index contributed by atoms with van der Waals surface area (Å²) in [6, 6.07) is 12.0. The van der Waals surface area contributed by atoms with E-state index in [1.54, 1.807) is 0 Å². The number of benzene rings is 7. The second kappa shape index (κ2) is 21.0. The minimum atomic E-state index is -1.90. The smallest absolute Gasteiger partial charge is 0.343 e. The molecule has 2 heterocycles. The van der Waals surface area contributed by atoms with Crippen LogP contribution in [0.15, 0.2) is 95.8 Å². The summed E-state index contributed by atoms with van der Waals surface area (Å²) in [4.78, 5) is 69.5. The first kappa shape index (κ1) is 56.1. The molecule has 8 aromatic carbocycles. The predicted molar refractivity (Wildman–Crippen MR) is 280 cm³/mol. The third-order valence-electron chi connectivity index (χ3n) is 13.5. The average molecular weight is 1170 g/mol. The van der Waals surface area contributed by atoms with Gasteiger partial charge in [0, 0.05) is 59.4 Å². The lowest BCUT2D eigenvalue weighted by Crippen LogP contribution is -2.35. The highest BCUT2D eigenvalue weighted by Crippen LogP contribution is 2.50. The van der Waals surface area contributed by atoms with Gasteiger partial charge < -0.3 is 115 Å². The third-order valence-corrected chi connectivity index (χ3v) is 13.5. The van der Waals surface area contributed by atoms with Gasteiger partial charge in [-0.3, -0.25) is 4.79 Å². The van der Waals surface area contributed by atoms with Crippen molar-refractivity contribution < 1.29 is 134 Å². The van der Waals surface area contributed by atoms with Gasteiger partial charge in [0.2, 0.25) is 5.43 Å². The van der Waals surface area contributed by atoms with Crippen molar-refractivity contribution >= 4 is 34.6 Å². The van der Waals surface area contributed by atoms with Crippen molar-refractivity contribution in [2.75, 3.05) is 0 Å². The summed E-state index contributed by atoms with van der Waals surface area (Å²) < 4.78 is 35.6. The van der Waals surface area contributed by atoms with Crippen LogP contribution in [0.5, 0.6) is 121 Å². The molecule has 0 amide bonds. The van der Waals surface area contributed by atoms with Gasteiger partial charge in [-0.15, -0.1) is 0 Å². The molecule has 0 spiro atoms. The van der Waals surface area contributed by atoms with E-state index in [0.29, 0.717) is 24.3 Å². The van der Waals surface area contributed by atoms with Crippen molar-refractivity contribution in [1.82, 2.24) is 0 Å². The molecule has 10 rings (SSSR count). The minimum Gasteiger partial charge on any atom is -0.508 e. The molecule has 85 heavy (non-hydrogen) atoms. The average Bonchev–Trinajstić information content (AvgIpc) is 2.56. The number of esters is 4. The van der Waals surface area contributed by atoms with Crippen LogP contribution in [-0.2, 0) is 22.3 Å². The van der Waals surface area contributed by atoms with E-state index in [1.807, 2.05) is 0 Å². The molecule has 28 nitrogen and oxygen atoms in total. The molecule has 0 aromatic heterocycles. The van der Waals surface area contributed by atoms with Crippen molar-refractivity contribution in [2.24, 2.45) is 0 Å². The molecule has 2 aliphatic rings. The van der Waals surface area contributed by atoms with E-state index in [-0.39, 0.29) is 22.6 Å². The van der Waals surface area contributed by atoms with Gasteiger partial charge in [-0.05, 0) is 72.1 Å². The standard InChI is InChI=1S/C57H40O28/c58-23-11-39-27(41(13-23)82-54(76)19-3-29(60)46(70)30(61)4-19)16-43(84-56(78)21-7-33(64)48(72)34(65)8-21)52(80-39)18-1-25-26(15-38(69)51(75)45(25)50(74)37(68)2-18)53-44(85-57(79)22-9-35(66)49(73)36(67)10-22)17-28-40(81-53)12-24(59)14-42(28)83-55(77)20-5-31(62)47(71)32(63)6-20/h1-15,43-44,52-53,58-67,69-73,75H,16-17H2,(H,68,74). The molecule has 4 unspecified atom stereocenters. The van der Waals surface area contributed by atoms with E-state index >= 15 is 0 Å². The fourth-order valence-electron chi connectivity index (χ4n) is 9.46. The third kappa shape index (κ3) is 10.3. The van der Waals surface area contributed by atoms with Gasteiger partial charge in [0.05, 0.1) is 27.6 Å². The Morgan fingerprint density at radius 1 is 0.376 bits per heavy atom. The Bertz CT molecular complexity index is 4180. The highest BCUT2D eigenvalue weighted by atomic mass is 16.6. The maximum atomic E-state index is 14.4. The normalized spacial score (nSPS) is 16.0. The highest BCUT2D eigenvalue weighted by molar-refractivity contribution is 5.96. The van der Waals surface area contributed by atoms with Crippen molar-refractivity contribution in [3.63, 3.8) is 0 Å². The van der Waals surface area contributed by atoms with Gasteiger partial charge in [-0.2, -0.15) is 0 Å². The first-order valence-electron chi connectivity index (χ1n) is 24.3. The number of hydrogen-bond donors (Lipinski definition) is 17. The molecule has 0 radical (unpaired) electrons. The number of carbonyl (C=O) groups excluding carboxylic acids is 4. The van der Waals surface area contributed by atoms with Crippen LogP contribution in [0, 0.1) is 0 Å². The molecule has 0 saturated heterocycles. The fraction of sp³-hybridized carbons (Fsp3) is 0.105. The van der Waals surface area contributed by atoms with Crippen LogP contribution < -0.4 is 24.4 Å². The van der Waals surface area contributed by atoms with Gasteiger partial charge in [0.25, 0.3) is 0 Å². The van der Waals surface area contributed by atoms with Crippen LogP contribution in [0.25, 0.3) is 10.8 Å². The minimum absolute atomic E-state index is 0.173. The van der Waals surface area contributed by atoms with E-state index in [0.717, 1.165) is 66.7 Å². The first-order valence-corrected chi connectivity index (χ1v) is 24.3. The summed E-state index contributed by atoms with van der Waals surface area (Å²) in [6.07, 6.45) is -8.68. The van der Waals surface area contributed by atoms with Crippen molar-refractivity contribution in [3.8, 4) is 121 Å². The number of phenols is 16. The molecule has 0 aliphatic carbocycles. The van der Waals surface area contributed by atoms with Crippen LogP contribution in [0.4, 0.5) is 0 Å². The zero-order valence-electron chi connectivity index (χ0n) is 42.5. The largest absolute Gasteiger partial charge is 0.508 e. The van der Waals surface area contributed by atoms with E-state index in [9.17, 15) is 111 Å². The predicted octanol–water partition coefficient (Wildman–Crippen LogP) is 5.44. The summed E-state index contributed by atoms with van der Waals surface area (Å²) in [5.74, 6) is -23.8. The molecule has 0 fully saturated rings. The van der Waals surface area contributed by atoms with Gasteiger partial charge in [-0.25, -0.2) is 19.2 Å². The SMILES string of the molecule is O=C(Oc1cc(O)cc2c1CC(OC(=O)c1cc(O)c(O)c(O)c1)C(c1cc(O)c(=O)c3c(O)c(O)cc(C4Oc5cc(O)cc(OC(=O)c6cc(O)c(O)c(O)c6)c5CC4OC(=O)c4cc(O)c(O)c(O)c4)c3c1)O2)c1cc(O)c(O)c(O)c1. The lowest BCUT2D eigenvalue weighted by atomic mass is 9.89.